The van der Waals surface area contributed by atoms with Gasteiger partial charge in [-0.25, -0.2) is 9.18 Å². The number of anilines is 1. The Hall–Kier alpha value is -1.78. The van der Waals surface area contributed by atoms with Crippen molar-refractivity contribution in [1.29, 1.82) is 0 Å². The topological polar surface area (TPSA) is 41.6 Å². The fourth-order valence-corrected chi connectivity index (χ4v) is 2.54. The molecule has 1 heterocycles. The summed E-state index contributed by atoms with van der Waals surface area (Å²) in [6.45, 7) is 6.45. The minimum absolute atomic E-state index is 0.231. The molecule has 5 heteroatoms. The number of hydrogen-bond acceptors (Lipinski definition) is 3. The molecular formula is C17H25FN2O2. The highest BCUT2D eigenvalue weighted by Crippen LogP contribution is 2.26. The van der Waals surface area contributed by atoms with Crippen LogP contribution in [0, 0.1) is 5.82 Å². The van der Waals surface area contributed by atoms with Gasteiger partial charge in [0.15, 0.2) is 0 Å². The summed E-state index contributed by atoms with van der Waals surface area (Å²) in [5.41, 5.74) is 0.0314. The predicted octanol–water partition coefficient (Wildman–Crippen LogP) is 4.06. The van der Waals surface area contributed by atoms with Crippen LogP contribution in [0.4, 0.5) is 14.9 Å². The molecule has 1 saturated heterocycles. The number of piperidine rings is 1. The van der Waals surface area contributed by atoms with Gasteiger partial charge >= 0.3 is 6.09 Å². The first-order valence-electron chi connectivity index (χ1n) is 7.93. The first kappa shape index (κ1) is 16.6. The maximum atomic E-state index is 14.0. The predicted molar refractivity (Wildman–Crippen MR) is 85.4 cm³/mol. The molecule has 0 spiro atoms. The largest absolute Gasteiger partial charge is 0.444 e. The molecule has 2 rings (SSSR count). The van der Waals surface area contributed by atoms with Gasteiger partial charge in [0.1, 0.15) is 17.6 Å². The van der Waals surface area contributed by atoms with Crippen molar-refractivity contribution in [3.05, 3.63) is 30.1 Å². The number of ether oxygens (including phenoxy) is 1. The van der Waals surface area contributed by atoms with Crippen LogP contribution in [0.25, 0.3) is 0 Å². The highest BCUT2D eigenvalue weighted by atomic mass is 19.1. The van der Waals surface area contributed by atoms with E-state index in [9.17, 15) is 9.18 Å². The Kier molecular flexibility index (Phi) is 5.27. The lowest BCUT2D eigenvalue weighted by molar-refractivity contribution is 0.0336. The van der Waals surface area contributed by atoms with Crippen molar-refractivity contribution < 1.29 is 13.9 Å². The third-order valence-corrected chi connectivity index (χ3v) is 4.17. The molecule has 1 unspecified atom stereocenters. The highest BCUT2D eigenvalue weighted by molar-refractivity contribution is 5.69. The zero-order valence-electron chi connectivity index (χ0n) is 13.6. The molecule has 1 N–H and O–H groups in total. The minimum Gasteiger partial charge on any atom is -0.444 e. The lowest BCUT2D eigenvalue weighted by Gasteiger charge is -2.38. The second kappa shape index (κ2) is 6.99. The van der Waals surface area contributed by atoms with Crippen LogP contribution in [0.1, 0.15) is 46.5 Å². The van der Waals surface area contributed by atoms with E-state index < -0.39 is 11.7 Å². The average molecular weight is 308 g/mol. The minimum atomic E-state index is -0.498. The summed E-state index contributed by atoms with van der Waals surface area (Å²) >= 11 is 0. The number of nitrogens with zero attached hydrogens (tertiary/aromatic N) is 1. The SMILES string of the molecule is CCC(C)(C)OC(=O)NC1CCCCN1c1ccccc1F. The zero-order chi connectivity index (χ0) is 16.2. The van der Waals surface area contributed by atoms with E-state index in [2.05, 4.69) is 5.32 Å². The van der Waals surface area contributed by atoms with Crippen molar-refractivity contribution in [2.75, 3.05) is 11.4 Å². The summed E-state index contributed by atoms with van der Waals surface area (Å²) in [7, 11) is 0. The molecule has 1 atom stereocenters. The molecule has 0 aromatic heterocycles. The van der Waals surface area contributed by atoms with Crippen LogP contribution in [-0.4, -0.2) is 24.4 Å². The summed E-state index contributed by atoms with van der Waals surface area (Å²) in [6, 6.07) is 6.67. The number of benzene rings is 1. The van der Waals surface area contributed by atoms with Crippen LogP contribution in [-0.2, 0) is 4.74 Å². The van der Waals surface area contributed by atoms with Gasteiger partial charge < -0.3 is 15.0 Å². The second-order valence-corrected chi connectivity index (χ2v) is 6.30. The molecule has 1 amide bonds. The molecule has 0 aliphatic carbocycles. The standard InChI is InChI=1S/C17H25FN2O2/c1-4-17(2,3)22-16(21)19-15-11-7-8-12-20(15)14-10-6-5-9-13(14)18/h5-6,9-10,15H,4,7-8,11-12H2,1-3H3,(H,19,21). The molecule has 1 aromatic carbocycles. The lowest BCUT2D eigenvalue weighted by Crippen LogP contribution is -2.52. The van der Waals surface area contributed by atoms with E-state index in [0.29, 0.717) is 5.69 Å². The smallest absolute Gasteiger partial charge is 0.409 e. The van der Waals surface area contributed by atoms with E-state index in [1.165, 1.54) is 6.07 Å². The zero-order valence-corrected chi connectivity index (χ0v) is 13.6. The normalized spacial score (nSPS) is 18.9. The summed E-state index contributed by atoms with van der Waals surface area (Å²) in [5, 5.41) is 2.88. The molecular weight excluding hydrogens is 283 g/mol. The maximum Gasteiger partial charge on any atom is 0.409 e. The van der Waals surface area contributed by atoms with Crippen molar-refractivity contribution >= 4 is 11.8 Å². The van der Waals surface area contributed by atoms with Crippen LogP contribution >= 0.6 is 0 Å². The van der Waals surface area contributed by atoms with Crippen molar-refractivity contribution in [2.45, 2.75) is 58.2 Å². The highest BCUT2D eigenvalue weighted by Gasteiger charge is 2.28. The van der Waals surface area contributed by atoms with Gasteiger partial charge in [0.05, 0.1) is 5.69 Å². The van der Waals surface area contributed by atoms with Gasteiger partial charge in [-0.05, 0) is 51.7 Å². The van der Waals surface area contributed by atoms with Gasteiger partial charge in [-0.3, -0.25) is 0 Å². The van der Waals surface area contributed by atoms with Gasteiger partial charge in [0.25, 0.3) is 0 Å². The Labute approximate surface area is 131 Å². The van der Waals surface area contributed by atoms with Crippen LogP contribution < -0.4 is 10.2 Å². The number of rotatable bonds is 4. The van der Waals surface area contributed by atoms with E-state index in [1.807, 2.05) is 31.7 Å². The van der Waals surface area contributed by atoms with Crippen molar-refractivity contribution in [3.8, 4) is 0 Å². The first-order chi connectivity index (χ1) is 10.4. The molecule has 1 aliphatic rings. The molecule has 22 heavy (non-hydrogen) atoms. The molecule has 4 nitrogen and oxygen atoms in total. The molecule has 1 aliphatic heterocycles. The van der Waals surface area contributed by atoms with Crippen LogP contribution in [0.5, 0.6) is 0 Å². The fraction of sp³-hybridized carbons (Fsp3) is 0.588. The summed E-state index contributed by atoms with van der Waals surface area (Å²) in [4.78, 5) is 14.0. The van der Waals surface area contributed by atoms with Gasteiger partial charge in [0.2, 0.25) is 0 Å². The Bertz CT molecular complexity index is 519. The van der Waals surface area contributed by atoms with Gasteiger partial charge in [-0.2, -0.15) is 0 Å². The van der Waals surface area contributed by atoms with Crippen LogP contribution in [0.2, 0.25) is 0 Å². The third-order valence-electron chi connectivity index (χ3n) is 4.17. The number of nitrogens with one attached hydrogen (secondary N) is 1. The first-order valence-corrected chi connectivity index (χ1v) is 7.93. The molecule has 0 radical (unpaired) electrons. The van der Waals surface area contributed by atoms with E-state index >= 15 is 0 Å². The fourth-order valence-electron chi connectivity index (χ4n) is 2.54. The average Bonchev–Trinajstić information content (AvgIpc) is 2.48. The van der Waals surface area contributed by atoms with Crippen molar-refractivity contribution in [1.82, 2.24) is 5.32 Å². The Balaban J connectivity index is 2.07. The van der Waals surface area contributed by atoms with E-state index in [0.717, 1.165) is 32.2 Å². The van der Waals surface area contributed by atoms with Gasteiger partial charge in [0, 0.05) is 6.54 Å². The quantitative estimate of drug-likeness (QED) is 0.912. The van der Waals surface area contributed by atoms with Gasteiger partial charge in [-0.15, -0.1) is 0 Å². The second-order valence-electron chi connectivity index (χ2n) is 6.30. The monoisotopic (exact) mass is 308 g/mol. The van der Waals surface area contributed by atoms with E-state index in [-0.39, 0.29) is 12.0 Å². The summed E-state index contributed by atoms with van der Waals surface area (Å²) in [6.07, 6.45) is 2.85. The third kappa shape index (κ3) is 4.12. The summed E-state index contributed by atoms with van der Waals surface area (Å²) in [5.74, 6) is -0.265. The molecule has 1 aromatic rings. The molecule has 122 valence electrons. The number of para-hydroxylation sites is 1. The van der Waals surface area contributed by atoms with Crippen LogP contribution in [0.3, 0.4) is 0 Å². The molecule has 1 fully saturated rings. The van der Waals surface area contributed by atoms with Crippen molar-refractivity contribution in [2.24, 2.45) is 0 Å². The number of alkyl carbamates (subject to hydrolysis) is 1. The van der Waals surface area contributed by atoms with Gasteiger partial charge in [-0.1, -0.05) is 19.1 Å². The Morgan fingerprint density at radius 1 is 1.41 bits per heavy atom. The van der Waals surface area contributed by atoms with Crippen molar-refractivity contribution in [3.63, 3.8) is 0 Å². The molecule has 0 bridgehead atoms. The van der Waals surface area contributed by atoms with E-state index in [4.69, 9.17) is 4.74 Å². The summed E-state index contributed by atoms with van der Waals surface area (Å²) < 4.78 is 19.5. The lowest BCUT2D eigenvalue weighted by atomic mass is 10.1. The maximum absolute atomic E-state index is 14.0. The number of amides is 1. The number of carbonyl (C=O) groups is 1. The Morgan fingerprint density at radius 3 is 2.82 bits per heavy atom. The van der Waals surface area contributed by atoms with Crippen LogP contribution in [0.15, 0.2) is 24.3 Å². The number of halogens is 1. The number of hydrogen-bond donors (Lipinski definition) is 1. The van der Waals surface area contributed by atoms with E-state index in [1.54, 1.807) is 12.1 Å². The number of carbonyl (C=O) groups excluding carboxylic acids is 1. The molecule has 0 saturated carbocycles. The Morgan fingerprint density at radius 2 is 2.14 bits per heavy atom.